The Morgan fingerprint density at radius 1 is 1.33 bits per heavy atom. The number of thiocarbonyl (C=S) groups is 1. The van der Waals surface area contributed by atoms with Gasteiger partial charge in [-0.3, -0.25) is 0 Å². The van der Waals surface area contributed by atoms with Gasteiger partial charge in [-0.1, -0.05) is 6.07 Å². The van der Waals surface area contributed by atoms with Crippen molar-refractivity contribution in [3.05, 3.63) is 29.3 Å². The number of nitrogens with zero attached hydrogens (tertiary/aromatic N) is 1. The minimum absolute atomic E-state index is 0.572. The minimum Gasteiger partial charge on any atom is -0.492 e. The molecule has 3 heteroatoms. The molecule has 0 aliphatic heterocycles. The highest BCUT2D eigenvalue weighted by atomic mass is 32.1. The van der Waals surface area contributed by atoms with Crippen LogP contribution in [0.4, 0.5) is 0 Å². The highest BCUT2D eigenvalue weighted by Gasteiger charge is 2.10. The molecule has 0 N–H and O–H groups in total. The standard InChI is InChI=1S/C12H13NOS/c15-9-13-6-7-14-12-5-4-10-2-1-3-11(10)8-12/h4-5,8H,1-3,6-7H2. The van der Waals surface area contributed by atoms with Crippen molar-refractivity contribution < 1.29 is 4.74 Å². The zero-order valence-electron chi connectivity index (χ0n) is 8.53. The molecule has 78 valence electrons. The SMILES string of the molecule is S=C=NCCOc1ccc2c(c1)CCC2. The van der Waals surface area contributed by atoms with E-state index in [1.54, 1.807) is 0 Å². The topological polar surface area (TPSA) is 21.6 Å². The molecule has 2 nitrogen and oxygen atoms in total. The predicted molar refractivity (Wildman–Crippen MR) is 63.9 cm³/mol. The van der Waals surface area contributed by atoms with Crippen molar-refractivity contribution in [2.45, 2.75) is 19.3 Å². The summed E-state index contributed by atoms with van der Waals surface area (Å²) in [5, 5.41) is 2.32. The zero-order chi connectivity index (χ0) is 10.5. The molecule has 0 aromatic heterocycles. The van der Waals surface area contributed by atoms with E-state index < -0.39 is 0 Å². The fourth-order valence-corrected chi connectivity index (χ4v) is 1.98. The number of aliphatic imine (C=N–C) groups is 1. The number of aryl methyl sites for hydroxylation is 2. The first-order chi connectivity index (χ1) is 7.40. The number of isothiocyanates is 1. The van der Waals surface area contributed by atoms with Gasteiger partial charge in [-0.25, -0.2) is 4.99 Å². The van der Waals surface area contributed by atoms with Crippen LogP contribution in [-0.2, 0) is 12.8 Å². The first kappa shape index (κ1) is 10.3. The lowest BCUT2D eigenvalue weighted by atomic mass is 10.1. The van der Waals surface area contributed by atoms with Gasteiger partial charge >= 0.3 is 0 Å². The molecule has 0 amide bonds. The average Bonchev–Trinajstić information content (AvgIpc) is 2.71. The van der Waals surface area contributed by atoms with Gasteiger partial charge < -0.3 is 4.74 Å². The maximum atomic E-state index is 5.55. The number of benzene rings is 1. The molecular formula is C12H13NOS. The summed E-state index contributed by atoms with van der Waals surface area (Å²) in [5.41, 5.74) is 2.91. The molecule has 1 aromatic rings. The number of hydrogen-bond acceptors (Lipinski definition) is 3. The van der Waals surface area contributed by atoms with E-state index in [4.69, 9.17) is 4.74 Å². The van der Waals surface area contributed by atoms with Crippen LogP contribution >= 0.6 is 12.2 Å². The Kier molecular flexibility index (Phi) is 3.49. The molecule has 0 unspecified atom stereocenters. The smallest absolute Gasteiger partial charge is 0.119 e. The van der Waals surface area contributed by atoms with Crippen molar-refractivity contribution >= 4 is 17.4 Å². The van der Waals surface area contributed by atoms with Gasteiger partial charge in [0.1, 0.15) is 12.4 Å². The monoisotopic (exact) mass is 219 g/mol. The second kappa shape index (κ2) is 5.06. The molecular weight excluding hydrogens is 206 g/mol. The highest BCUT2D eigenvalue weighted by molar-refractivity contribution is 7.78. The van der Waals surface area contributed by atoms with Gasteiger partial charge in [0, 0.05) is 0 Å². The maximum absolute atomic E-state index is 5.55. The van der Waals surface area contributed by atoms with Gasteiger partial charge in [0.05, 0.1) is 11.7 Å². The molecule has 0 bridgehead atoms. The van der Waals surface area contributed by atoms with Crippen LogP contribution in [0, 0.1) is 0 Å². The van der Waals surface area contributed by atoms with E-state index in [1.807, 2.05) is 6.07 Å². The van der Waals surface area contributed by atoms with Crippen molar-refractivity contribution in [3.8, 4) is 5.75 Å². The Balaban J connectivity index is 1.95. The number of rotatable bonds is 4. The van der Waals surface area contributed by atoms with E-state index in [1.165, 1.54) is 30.4 Å². The van der Waals surface area contributed by atoms with Crippen LogP contribution in [0.2, 0.25) is 0 Å². The Labute approximate surface area is 95.0 Å². The summed E-state index contributed by atoms with van der Waals surface area (Å²) in [6.07, 6.45) is 3.67. The minimum atomic E-state index is 0.572. The fourth-order valence-electron chi connectivity index (χ4n) is 1.89. The van der Waals surface area contributed by atoms with Gasteiger partial charge in [-0.15, -0.1) is 0 Å². The van der Waals surface area contributed by atoms with E-state index in [-0.39, 0.29) is 0 Å². The molecule has 15 heavy (non-hydrogen) atoms. The summed E-state index contributed by atoms with van der Waals surface area (Å²) >= 11 is 4.47. The number of ether oxygens (including phenoxy) is 1. The summed E-state index contributed by atoms with van der Waals surface area (Å²) in [6, 6.07) is 6.34. The van der Waals surface area contributed by atoms with E-state index in [2.05, 4.69) is 34.5 Å². The van der Waals surface area contributed by atoms with Gasteiger partial charge in [-0.05, 0) is 54.7 Å². The summed E-state index contributed by atoms with van der Waals surface area (Å²) in [4.78, 5) is 3.80. The molecule has 0 saturated heterocycles. The van der Waals surface area contributed by atoms with Crippen LogP contribution in [0.1, 0.15) is 17.5 Å². The van der Waals surface area contributed by atoms with Gasteiger partial charge in [0.15, 0.2) is 0 Å². The van der Waals surface area contributed by atoms with E-state index >= 15 is 0 Å². The van der Waals surface area contributed by atoms with Crippen LogP contribution in [0.25, 0.3) is 0 Å². The molecule has 0 heterocycles. The second-order valence-electron chi connectivity index (χ2n) is 3.61. The lowest BCUT2D eigenvalue weighted by molar-refractivity contribution is 0.329. The molecule has 1 aliphatic carbocycles. The first-order valence-electron chi connectivity index (χ1n) is 5.18. The molecule has 0 spiro atoms. The van der Waals surface area contributed by atoms with Crippen molar-refractivity contribution in [3.63, 3.8) is 0 Å². The van der Waals surface area contributed by atoms with Crippen LogP contribution in [0.3, 0.4) is 0 Å². The third-order valence-electron chi connectivity index (χ3n) is 2.61. The van der Waals surface area contributed by atoms with E-state index in [9.17, 15) is 0 Å². The van der Waals surface area contributed by atoms with Gasteiger partial charge in [0.2, 0.25) is 0 Å². The van der Waals surface area contributed by atoms with Crippen molar-refractivity contribution in [1.29, 1.82) is 0 Å². The second-order valence-corrected chi connectivity index (χ2v) is 3.79. The Morgan fingerprint density at radius 2 is 2.20 bits per heavy atom. The van der Waals surface area contributed by atoms with Gasteiger partial charge in [0.25, 0.3) is 0 Å². The molecule has 0 fully saturated rings. The maximum Gasteiger partial charge on any atom is 0.119 e. The van der Waals surface area contributed by atoms with Crippen LogP contribution in [0.15, 0.2) is 23.2 Å². The zero-order valence-corrected chi connectivity index (χ0v) is 9.35. The summed E-state index contributed by atoms with van der Waals surface area (Å²) in [6.45, 7) is 1.16. The third kappa shape index (κ3) is 2.65. The molecule has 0 atom stereocenters. The Hall–Kier alpha value is -1.18. The Morgan fingerprint density at radius 3 is 3.07 bits per heavy atom. The van der Waals surface area contributed by atoms with Gasteiger partial charge in [-0.2, -0.15) is 0 Å². The van der Waals surface area contributed by atoms with Crippen LogP contribution in [-0.4, -0.2) is 18.3 Å². The van der Waals surface area contributed by atoms with Crippen LogP contribution in [0.5, 0.6) is 5.75 Å². The Bertz CT molecular complexity index is 397. The molecule has 2 rings (SSSR count). The van der Waals surface area contributed by atoms with Crippen molar-refractivity contribution in [2.75, 3.05) is 13.2 Å². The van der Waals surface area contributed by atoms with Crippen LogP contribution < -0.4 is 4.74 Å². The summed E-state index contributed by atoms with van der Waals surface area (Å²) in [5.74, 6) is 0.940. The molecule has 1 aromatic carbocycles. The largest absolute Gasteiger partial charge is 0.492 e. The lowest BCUT2D eigenvalue weighted by Crippen LogP contribution is -2.00. The lowest BCUT2D eigenvalue weighted by Gasteiger charge is -2.06. The average molecular weight is 219 g/mol. The summed E-state index contributed by atoms with van der Waals surface area (Å²) < 4.78 is 5.55. The quantitative estimate of drug-likeness (QED) is 0.441. The number of fused-ring (bicyclic) bond motifs is 1. The fraction of sp³-hybridized carbons (Fsp3) is 0.417. The van der Waals surface area contributed by atoms with E-state index in [0.717, 1.165) is 5.75 Å². The summed E-state index contributed by atoms with van der Waals surface area (Å²) in [7, 11) is 0. The van der Waals surface area contributed by atoms with E-state index in [0.29, 0.717) is 13.2 Å². The molecule has 0 saturated carbocycles. The van der Waals surface area contributed by atoms with Crippen molar-refractivity contribution in [1.82, 2.24) is 0 Å². The number of hydrogen-bond donors (Lipinski definition) is 0. The molecule has 1 aliphatic rings. The molecule has 0 radical (unpaired) electrons. The first-order valence-corrected chi connectivity index (χ1v) is 5.59. The third-order valence-corrected chi connectivity index (χ3v) is 2.74. The highest BCUT2D eigenvalue weighted by Crippen LogP contribution is 2.25. The van der Waals surface area contributed by atoms with Crippen molar-refractivity contribution in [2.24, 2.45) is 4.99 Å². The normalized spacial score (nSPS) is 13.1. The predicted octanol–water partition coefficient (Wildman–Crippen LogP) is 2.66.